The molecule has 110 valence electrons. The molecule has 0 fully saturated rings. The number of hydrogen-bond donors (Lipinski definition) is 0. The summed E-state index contributed by atoms with van der Waals surface area (Å²) in [6, 6.07) is 18.4. The third kappa shape index (κ3) is 4.44. The number of aromatic nitrogens is 3. The van der Waals surface area contributed by atoms with Crippen LogP contribution in [0.5, 0.6) is 0 Å². The van der Waals surface area contributed by atoms with Gasteiger partial charge in [0, 0.05) is 54.2 Å². The minimum atomic E-state index is -0.277. The predicted octanol–water partition coefficient (Wildman–Crippen LogP) is 4.25. The highest BCUT2D eigenvalue weighted by Gasteiger charge is 2.13. The highest BCUT2D eigenvalue weighted by molar-refractivity contribution is 7.55. The van der Waals surface area contributed by atoms with Crippen LogP contribution in [0.25, 0.3) is 0 Å². The van der Waals surface area contributed by atoms with Gasteiger partial charge in [-0.2, -0.15) is 0 Å². The van der Waals surface area contributed by atoms with E-state index in [9.17, 15) is 0 Å². The van der Waals surface area contributed by atoms with Gasteiger partial charge in [-0.25, -0.2) is 0 Å². The third-order valence-corrected chi connectivity index (χ3v) is 5.65. The van der Waals surface area contributed by atoms with Crippen molar-refractivity contribution in [1.29, 1.82) is 0 Å². The lowest BCUT2D eigenvalue weighted by Crippen LogP contribution is -1.97. The molecule has 0 N–H and O–H groups in total. The van der Waals surface area contributed by atoms with E-state index in [1.807, 2.05) is 36.8 Å². The van der Waals surface area contributed by atoms with Gasteiger partial charge < -0.3 is 0 Å². The second-order valence-electron chi connectivity index (χ2n) is 5.11. The van der Waals surface area contributed by atoms with E-state index in [2.05, 4.69) is 51.4 Å². The summed E-state index contributed by atoms with van der Waals surface area (Å²) >= 11 is 0. The molecule has 0 saturated carbocycles. The molecule has 3 nitrogen and oxygen atoms in total. The quantitative estimate of drug-likeness (QED) is 0.639. The van der Waals surface area contributed by atoms with Gasteiger partial charge in [-0.05, 0) is 36.4 Å². The second-order valence-corrected chi connectivity index (χ2v) is 7.40. The molecule has 0 radical (unpaired) electrons. The summed E-state index contributed by atoms with van der Waals surface area (Å²) in [7, 11) is -0.277. The summed E-state index contributed by atoms with van der Waals surface area (Å²) in [5, 5.41) is 0. The maximum Gasteiger partial charge on any atom is 0.0446 e. The van der Waals surface area contributed by atoms with Crippen LogP contribution in [0, 0.1) is 0 Å². The highest BCUT2D eigenvalue weighted by atomic mass is 31.1. The lowest BCUT2D eigenvalue weighted by atomic mass is 10.4. The molecule has 0 aliphatic rings. The van der Waals surface area contributed by atoms with E-state index in [0.717, 1.165) is 35.6 Å². The molecule has 0 aliphatic carbocycles. The fourth-order valence-electron chi connectivity index (χ4n) is 2.33. The molecule has 0 aliphatic heterocycles. The first kappa shape index (κ1) is 14.8. The maximum atomic E-state index is 4.48. The van der Waals surface area contributed by atoms with Crippen LogP contribution in [0.3, 0.4) is 0 Å². The molecule has 3 aromatic rings. The summed E-state index contributed by atoms with van der Waals surface area (Å²) < 4.78 is 0. The molecule has 0 unspecified atom stereocenters. The van der Waals surface area contributed by atoms with Gasteiger partial charge in [0.1, 0.15) is 0 Å². The number of nitrogens with zero attached hydrogens (tertiary/aromatic N) is 3. The maximum absolute atomic E-state index is 4.48. The fourth-order valence-corrected chi connectivity index (χ4v) is 4.60. The Kier molecular flexibility index (Phi) is 5.22. The van der Waals surface area contributed by atoms with E-state index in [0.29, 0.717) is 0 Å². The van der Waals surface area contributed by atoms with Crippen LogP contribution in [0.4, 0.5) is 0 Å². The zero-order chi connectivity index (χ0) is 15.0. The average Bonchev–Trinajstić information content (AvgIpc) is 2.57. The molecule has 3 aromatic heterocycles. The second kappa shape index (κ2) is 7.77. The van der Waals surface area contributed by atoms with Gasteiger partial charge in [-0.15, -0.1) is 0 Å². The van der Waals surface area contributed by atoms with E-state index in [1.165, 1.54) is 0 Å². The molecule has 3 rings (SSSR count). The number of hydrogen-bond acceptors (Lipinski definition) is 3. The van der Waals surface area contributed by atoms with E-state index in [1.54, 1.807) is 0 Å². The van der Waals surface area contributed by atoms with Crippen LogP contribution >= 0.6 is 7.92 Å². The van der Waals surface area contributed by atoms with Crippen molar-refractivity contribution in [2.75, 3.05) is 0 Å². The first-order chi connectivity index (χ1) is 10.9. The van der Waals surface area contributed by atoms with Crippen LogP contribution < -0.4 is 0 Å². The van der Waals surface area contributed by atoms with Crippen molar-refractivity contribution in [3.8, 4) is 0 Å². The van der Waals surface area contributed by atoms with E-state index < -0.39 is 0 Å². The molecule has 0 spiro atoms. The van der Waals surface area contributed by atoms with Crippen LogP contribution in [0.15, 0.2) is 73.2 Å². The summed E-state index contributed by atoms with van der Waals surface area (Å²) in [4.78, 5) is 13.4. The van der Waals surface area contributed by atoms with Gasteiger partial charge in [0.2, 0.25) is 0 Å². The van der Waals surface area contributed by atoms with Gasteiger partial charge in [-0.1, -0.05) is 26.1 Å². The summed E-state index contributed by atoms with van der Waals surface area (Å²) in [5.74, 6) is 0. The molecule has 22 heavy (non-hydrogen) atoms. The molecule has 0 atom stereocenters. The number of pyridine rings is 3. The zero-order valence-electron chi connectivity index (χ0n) is 12.3. The third-order valence-electron chi connectivity index (χ3n) is 3.34. The van der Waals surface area contributed by atoms with Crippen molar-refractivity contribution in [2.45, 2.75) is 18.5 Å². The van der Waals surface area contributed by atoms with Crippen LogP contribution in [-0.2, 0) is 18.5 Å². The van der Waals surface area contributed by atoms with Crippen molar-refractivity contribution in [3.63, 3.8) is 0 Å². The van der Waals surface area contributed by atoms with E-state index in [4.69, 9.17) is 0 Å². The SMILES string of the molecule is c1ccc(CP(Cc2ccccn2)Cc2ccccn2)nc1. The molecule has 0 bridgehead atoms. The summed E-state index contributed by atoms with van der Waals surface area (Å²) in [6.07, 6.45) is 8.61. The van der Waals surface area contributed by atoms with Gasteiger partial charge >= 0.3 is 0 Å². The van der Waals surface area contributed by atoms with Gasteiger partial charge in [0.25, 0.3) is 0 Å². The van der Waals surface area contributed by atoms with Crippen LogP contribution in [0.2, 0.25) is 0 Å². The minimum Gasteiger partial charge on any atom is -0.261 e. The Morgan fingerprint density at radius 2 is 0.909 bits per heavy atom. The molecule has 3 heterocycles. The van der Waals surface area contributed by atoms with E-state index >= 15 is 0 Å². The van der Waals surface area contributed by atoms with Gasteiger partial charge in [-0.3, -0.25) is 15.0 Å². The average molecular weight is 307 g/mol. The Morgan fingerprint density at radius 3 is 1.18 bits per heavy atom. The van der Waals surface area contributed by atoms with Crippen molar-refractivity contribution in [2.24, 2.45) is 0 Å². The fraction of sp³-hybridized carbons (Fsp3) is 0.167. The van der Waals surface area contributed by atoms with Crippen molar-refractivity contribution in [3.05, 3.63) is 90.3 Å². The molecule has 0 amide bonds. The monoisotopic (exact) mass is 307 g/mol. The normalized spacial score (nSPS) is 10.8. The number of rotatable bonds is 6. The Morgan fingerprint density at radius 1 is 0.545 bits per heavy atom. The summed E-state index contributed by atoms with van der Waals surface area (Å²) in [5.41, 5.74) is 3.46. The molecule has 4 heteroatoms. The highest BCUT2D eigenvalue weighted by Crippen LogP contribution is 2.45. The smallest absolute Gasteiger partial charge is 0.0446 e. The van der Waals surface area contributed by atoms with Crippen molar-refractivity contribution < 1.29 is 0 Å². The largest absolute Gasteiger partial charge is 0.261 e. The van der Waals surface area contributed by atoms with Crippen molar-refractivity contribution >= 4 is 7.92 Å². The van der Waals surface area contributed by atoms with Crippen molar-refractivity contribution in [1.82, 2.24) is 15.0 Å². The van der Waals surface area contributed by atoms with Gasteiger partial charge in [0.05, 0.1) is 0 Å². The standard InChI is InChI=1S/C18H18N3P/c1-4-10-19-16(7-1)13-22(14-17-8-2-5-11-20-17)15-18-9-3-6-12-21-18/h1-12H,13-15H2. The first-order valence-electron chi connectivity index (χ1n) is 7.32. The Labute approximate surface area is 132 Å². The van der Waals surface area contributed by atoms with Crippen LogP contribution in [-0.4, -0.2) is 15.0 Å². The molecular weight excluding hydrogens is 289 g/mol. The summed E-state index contributed by atoms with van der Waals surface area (Å²) in [6.45, 7) is 0. The van der Waals surface area contributed by atoms with Crippen LogP contribution in [0.1, 0.15) is 17.1 Å². The zero-order valence-corrected chi connectivity index (χ0v) is 13.2. The Hall–Kier alpha value is -2.12. The first-order valence-corrected chi connectivity index (χ1v) is 9.22. The predicted molar refractivity (Wildman–Crippen MR) is 90.7 cm³/mol. The lowest BCUT2D eigenvalue weighted by Gasteiger charge is -2.17. The van der Waals surface area contributed by atoms with Gasteiger partial charge in [0.15, 0.2) is 0 Å². The topological polar surface area (TPSA) is 38.7 Å². The molecular formula is C18H18N3P. The Balaban J connectivity index is 1.75. The van der Waals surface area contributed by atoms with E-state index in [-0.39, 0.29) is 7.92 Å². The minimum absolute atomic E-state index is 0.277. The lowest BCUT2D eigenvalue weighted by molar-refractivity contribution is 1.10. The molecule has 0 saturated heterocycles. The Bertz CT molecular complexity index is 576. The molecule has 0 aromatic carbocycles.